The van der Waals surface area contributed by atoms with Gasteiger partial charge in [0.15, 0.2) is 0 Å². The quantitative estimate of drug-likeness (QED) is 0.366. The zero-order valence-corrected chi connectivity index (χ0v) is 27.8. The van der Waals surface area contributed by atoms with Crippen molar-refractivity contribution >= 4 is 45.0 Å². The second-order valence-electron chi connectivity index (χ2n) is 12.6. The Labute approximate surface area is 276 Å². The first-order valence-corrected chi connectivity index (χ1v) is 17.7. The Kier molecular flexibility index (Phi) is 9.25. The minimum absolute atomic E-state index is 0.0918. The van der Waals surface area contributed by atoms with E-state index in [-0.39, 0.29) is 24.0 Å². The number of nitrogens with zero attached hydrogens (tertiary/aromatic N) is 4. The summed E-state index contributed by atoms with van der Waals surface area (Å²) in [6.07, 6.45) is 9.21. The topological polar surface area (TPSA) is 124 Å². The predicted octanol–water partition coefficient (Wildman–Crippen LogP) is 4.33. The van der Waals surface area contributed by atoms with E-state index >= 15 is 0 Å². The van der Waals surface area contributed by atoms with Gasteiger partial charge in [0.05, 0.1) is 12.2 Å². The number of rotatable bonds is 7. The van der Waals surface area contributed by atoms with Crippen LogP contribution in [0.1, 0.15) is 59.5 Å². The number of nitrogens with one attached hydrogen (secondary N) is 2. The third kappa shape index (κ3) is 6.44. The van der Waals surface area contributed by atoms with Crippen LogP contribution in [0.5, 0.6) is 0 Å². The Morgan fingerprint density at radius 3 is 2.38 bits per heavy atom. The van der Waals surface area contributed by atoms with Gasteiger partial charge in [-0.25, -0.2) is 9.52 Å². The van der Waals surface area contributed by atoms with Gasteiger partial charge in [-0.15, -0.1) is 6.58 Å². The summed E-state index contributed by atoms with van der Waals surface area (Å²) in [5.41, 5.74) is 5.86. The van der Waals surface area contributed by atoms with Crippen LogP contribution in [0.15, 0.2) is 60.7 Å². The molecular weight excluding hydrogens is 616 g/mol. The number of carbonyl (C=O) groups is 3. The molecule has 0 radical (unpaired) electrons. The fraction of sp³-hybridized carbons (Fsp3) is 0.400. The van der Waals surface area contributed by atoms with E-state index < -0.39 is 16.1 Å². The third-order valence-corrected chi connectivity index (χ3v) is 10.9. The van der Waals surface area contributed by atoms with Crippen LogP contribution in [0.2, 0.25) is 0 Å². The van der Waals surface area contributed by atoms with E-state index in [0.29, 0.717) is 44.2 Å². The van der Waals surface area contributed by atoms with Gasteiger partial charge in [0.1, 0.15) is 0 Å². The van der Waals surface area contributed by atoms with Crippen molar-refractivity contribution in [1.29, 1.82) is 0 Å². The summed E-state index contributed by atoms with van der Waals surface area (Å²) in [5, 5.41) is 3.82. The van der Waals surface area contributed by atoms with Crippen molar-refractivity contribution in [2.75, 3.05) is 46.8 Å². The van der Waals surface area contributed by atoms with E-state index in [1.54, 1.807) is 28.0 Å². The lowest BCUT2D eigenvalue weighted by atomic mass is 9.81. The highest BCUT2D eigenvalue weighted by Crippen LogP contribution is 2.46. The third-order valence-electron chi connectivity index (χ3n) is 9.48. The van der Waals surface area contributed by atoms with Crippen LogP contribution in [0, 0.1) is 0 Å². The normalized spacial score (nSPS) is 17.0. The van der Waals surface area contributed by atoms with E-state index in [2.05, 4.69) is 27.3 Å². The second kappa shape index (κ2) is 13.4. The first kappa shape index (κ1) is 32.5. The number of benzene rings is 2. The molecule has 0 unspecified atom stereocenters. The van der Waals surface area contributed by atoms with Gasteiger partial charge in [0.2, 0.25) is 0 Å². The molecule has 1 aromatic heterocycles. The molecule has 0 bridgehead atoms. The molecule has 0 atom stereocenters. The number of hydrogen-bond donors (Lipinski definition) is 2. The van der Waals surface area contributed by atoms with Crippen molar-refractivity contribution in [3.63, 3.8) is 0 Å². The molecule has 1 saturated heterocycles. The average molecular weight is 659 g/mol. The minimum atomic E-state index is -3.99. The lowest BCUT2D eigenvalue weighted by molar-refractivity contribution is -0.128. The van der Waals surface area contributed by atoms with E-state index in [4.69, 9.17) is 0 Å². The average Bonchev–Trinajstić information content (AvgIpc) is 3.29. The summed E-state index contributed by atoms with van der Waals surface area (Å²) in [6.45, 7) is 5.99. The van der Waals surface area contributed by atoms with Crippen LogP contribution >= 0.6 is 0 Å². The number of fused-ring (bicyclic) bond motifs is 5. The molecule has 2 fully saturated rings. The Morgan fingerprint density at radius 2 is 1.68 bits per heavy atom. The van der Waals surface area contributed by atoms with Gasteiger partial charge in [-0.2, -0.15) is 12.7 Å². The maximum Gasteiger partial charge on any atom is 0.317 e. The van der Waals surface area contributed by atoms with Crippen LogP contribution < -0.4 is 10.0 Å². The summed E-state index contributed by atoms with van der Waals surface area (Å²) in [6, 6.07) is 13.3. The standard InChI is InChI=1S/C35H42N6O5S/c1-4-16-36-35(44)40-19-17-39(18-20-40)34(43)27-21-25-12-8-9-13-28(25)32-31(24-10-6-5-7-11-24)29-15-14-26(22-30(29)41(32)23-27)33(42)37-47(45,46)38(2)3/h4,8-9,12-15,21-22,24H,1,5-7,10-11,16-20,23H2,2-3H3,(H,36,44)(H,37,42). The number of urea groups is 1. The number of hydrogen-bond acceptors (Lipinski definition) is 5. The van der Waals surface area contributed by atoms with Crippen LogP contribution in [0.25, 0.3) is 28.2 Å². The number of amides is 4. The molecule has 0 spiro atoms. The maximum absolute atomic E-state index is 14.2. The molecule has 3 aromatic rings. The summed E-state index contributed by atoms with van der Waals surface area (Å²) < 4.78 is 30.2. The first-order chi connectivity index (χ1) is 22.6. The predicted molar refractivity (Wildman–Crippen MR) is 183 cm³/mol. The monoisotopic (exact) mass is 658 g/mol. The van der Waals surface area contributed by atoms with Gasteiger partial charge in [-0.3, -0.25) is 9.59 Å². The molecule has 2 aromatic carbocycles. The lowest BCUT2D eigenvalue weighted by Crippen LogP contribution is -2.53. The zero-order valence-electron chi connectivity index (χ0n) is 27.0. The van der Waals surface area contributed by atoms with Crippen molar-refractivity contribution < 1.29 is 22.8 Å². The van der Waals surface area contributed by atoms with Crippen LogP contribution in [0.3, 0.4) is 0 Å². The van der Waals surface area contributed by atoms with Crippen molar-refractivity contribution in [1.82, 2.24) is 28.7 Å². The van der Waals surface area contributed by atoms with Crippen molar-refractivity contribution in [2.24, 2.45) is 0 Å². The maximum atomic E-state index is 14.2. The van der Waals surface area contributed by atoms with Gasteiger partial charge in [-0.05, 0) is 48.1 Å². The zero-order chi connectivity index (χ0) is 33.3. The van der Waals surface area contributed by atoms with E-state index in [0.717, 1.165) is 57.7 Å². The fourth-order valence-electron chi connectivity index (χ4n) is 7.00. The minimum Gasteiger partial charge on any atom is -0.335 e. The van der Waals surface area contributed by atoms with E-state index in [1.807, 2.05) is 30.3 Å². The second-order valence-corrected chi connectivity index (χ2v) is 14.5. The molecule has 3 aliphatic rings. The largest absolute Gasteiger partial charge is 0.335 e. The molecule has 12 heteroatoms. The molecule has 1 saturated carbocycles. The molecule has 248 valence electrons. The van der Waals surface area contributed by atoms with Gasteiger partial charge in [0, 0.05) is 74.4 Å². The molecule has 47 heavy (non-hydrogen) atoms. The molecule has 1 aliphatic carbocycles. The molecule has 2 N–H and O–H groups in total. The summed E-state index contributed by atoms with van der Waals surface area (Å²) in [7, 11) is -1.26. The molecule has 3 heterocycles. The Balaban J connectivity index is 1.41. The Morgan fingerprint density at radius 1 is 0.979 bits per heavy atom. The van der Waals surface area contributed by atoms with Crippen molar-refractivity contribution in [2.45, 2.75) is 44.6 Å². The molecular formula is C35H42N6O5S. The summed E-state index contributed by atoms with van der Waals surface area (Å²) in [4.78, 5) is 43.4. The van der Waals surface area contributed by atoms with Crippen LogP contribution in [-0.2, 0) is 21.5 Å². The lowest BCUT2D eigenvalue weighted by Gasteiger charge is -2.35. The Bertz CT molecular complexity index is 1860. The fourth-order valence-corrected chi connectivity index (χ4v) is 7.54. The molecule has 4 amide bonds. The molecule has 11 nitrogen and oxygen atoms in total. The smallest absolute Gasteiger partial charge is 0.317 e. The Hall–Kier alpha value is -4.42. The van der Waals surface area contributed by atoms with Gasteiger partial charge in [-0.1, -0.05) is 55.7 Å². The summed E-state index contributed by atoms with van der Waals surface area (Å²) >= 11 is 0. The van der Waals surface area contributed by atoms with Crippen molar-refractivity contribution in [3.05, 3.63) is 77.4 Å². The SMILES string of the molecule is C=CCNC(=O)N1CCN(C(=O)C2=Cc3ccccc3-c3c(C4CCCCC4)c4ccc(C(=O)NS(=O)(=O)N(C)C)cc4n3C2)CC1. The molecule has 2 aliphatic heterocycles. The molecule has 6 rings (SSSR count). The number of carbonyl (C=O) groups excluding carboxylic acids is 3. The van der Waals surface area contributed by atoms with Gasteiger partial charge < -0.3 is 19.7 Å². The highest BCUT2D eigenvalue weighted by molar-refractivity contribution is 7.87. The highest BCUT2D eigenvalue weighted by Gasteiger charge is 2.32. The van der Waals surface area contributed by atoms with Gasteiger partial charge >= 0.3 is 16.2 Å². The van der Waals surface area contributed by atoms with E-state index in [1.165, 1.54) is 26.1 Å². The van der Waals surface area contributed by atoms with E-state index in [9.17, 15) is 22.8 Å². The van der Waals surface area contributed by atoms with Crippen molar-refractivity contribution in [3.8, 4) is 11.3 Å². The number of piperazine rings is 1. The van der Waals surface area contributed by atoms with Crippen LogP contribution in [-0.4, -0.2) is 91.8 Å². The first-order valence-electron chi connectivity index (χ1n) is 16.2. The number of aromatic nitrogens is 1. The van der Waals surface area contributed by atoms with Gasteiger partial charge in [0.25, 0.3) is 11.8 Å². The van der Waals surface area contributed by atoms with Crippen LogP contribution in [0.4, 0.5) is 4.79 Å². The highest BCUT2D eigenvalue weighted by atomic mass is 32.2. The summed E-state index contributed by atoms with van der Waals surface area (Å²) in [5.74, 6) is -0.487.